The lowest BCUT2D eigenvalue weighted by molar-refractivity contribution is -0.128. The van der Waals surface area contributed by atoms with Gasteiger partial charge in [-0.2, -0.15) is 0 Å². The van der Waals surface area contributed by atoms with E-state index in [0.29, 0.717) is 44.4 Å². The van der Waals surface area contributed by atoms with Crippen molar-refractivity contribution in [1.29, 1.82) is 0 Å². The van der Waals surface area contributed by atoms with Gasteiger partial charge in [0.2, 0.25) is 0 Å². The van der Waals surface area contributed by atoms with Gasteiger partial charge in [-0.15, -0.1) is 0 Å². The molecule has 0 bridgehead atoms. The average Bonchev–Trinajstić information content (AvgIpc) is 3.21. The Bertz CT molecular complexity index is 1300. The lowest BCUT2D eigenvalue weighted by Gasteiger charge is -2.02. The molecule has 0 saturated heterocycles. The molecule has 29 heavy (non-hydrogen) atoms. The normalized spacial score (nSPS) is 14.4. The quantitative estimate of drug-likeness (QED) is 0.512. The van der Waals surface area contributed by atoms with E-state index in [4.69, 9.17) is 14.2 Å². The van der Waals surface area contributed by atoms with E-state index in [1.54, 1.807) is 43.5 Å². The maximum absolute atomic E-state index is 12.6. The summed E-state index contributed by atoms with van der Waals surface area (Å²) in [6.45, 7) is 1.98. The van der Waals surface area contributed by atoms with E-state index in [1.165, 1.54) is 0 Å². The number of benzene rings is 3. The molecule has 0 atom stereocenters. The molecule has 2 aliphatic rings. The molecular weight excluding hydrogens is 368 g/mol. The van der Waals surface area contributed by atoms with Gasteiger partial charge < -0.3 is 14.2 Å². The second kappa shape index (κ2) is 6.34. The summed E-state index contributed by atoms with van der Waals surface area (Å²) < 4.78 is 16.2. The van der Waals surface area contributed by atoms with Gasteiger partial charge in [0.05, 0.1) is 18.3 Å². The van der Waals surface area contributed by atoms with Crippen LogP contribution < -0.4 is 24.6 Å². The molecule has 0 amide bonds. The smallest absolute Gasteiger partial charge is 0.344 e. The van der Waals surface area contributed by atoms with Crippen LogP contribution in [0.1, 0.15) is 16.7 Å². The molecule has 0 aromatic heterocycles. The molecule has 0 fully saturated rings. The highest BCUT2D eigenvalue weighted by Crippen LogP contribution is 2.27. The van der Waals surface area contributed by atoms with E-state index in [9.17, 15) is 9.59 Å². The fourth-order valence-electron chi connectivity index (χ4n) is 3.67. The zero-order chi connectivity index (χ0) is 20.1. The maximum Gasteiger partial charge on any atom is 0.344 e. The lowest BCUT2D eigenvalue weighted by atomic mass is 10.0. The van der Waals surface area contributed by atoms with Crippen molar-refractivity contribution in [2.75, 3.05) is 7.11 Å². The third kappa shape index (κ3) is 2.70. The number of ether oxygens (including phenoxy) is 3. The molecule has 3 aromatic carbocycles. The molecule has 5 heteroatoms. The Balaban J connectivity index is 1.73. The first-order chi connectivity index (χ1) is 14.0. The van der Waals surface area contributed by atoms with Crippen molar-refractivity contribution in [2.45, 2.75) is 6.92 Å². The molecule has 0 N–H and O–H groups in total. The van der Waals surface area contributed by atoms with E-state index in [2.05, 4.69) is 0 Å². The number of carbonyl (C=O) groups excluding carboxylic acids is 2. The molecule has 2 heterocycles. The number of esters is 2. The van der Waals surface area contributed by atoms with Gasteiger partial charge >= 0.3 is 11.9 Å². The first kappa shape index (κ1) is 17.3. The van der Waals surface area contributed by atoms with Gasteiger partial charge in [-0.1, -0.05) is 42.0 Å². The van der Waals surface area contributed by atoms with Gasteiger partial charge in [0.25, 0.3) is 0 Å². The van der Waals surface area contributed by atoms with E-state index in [1.807, 2.05) is 31.2 Å². The van der Waals surface area contributed by atoms with Crippen LogP contribution in [0.15, 0.2) is 60.7 Å². The lowest BCUT2D eigenvalue weighted by Crippen LogP contribution is -2.11. The Labute approximate surface area is 166 Å². The highest BCUT2D eigenvalue weighted by atomic mass is 16.5. The molecule has 2 aliphatic heterocycles. The third-order valence-electron chi connectivity index (χ3n) is 5.15. The predicted molar refractivity (Wildman–Crippen MR) is 106 cm³/mol. The standard InChI is InChI=1S/C24H16O5/c1-13-3-5-14(6-4-13)21-17-11-20-18(12-19(17)28-23(21)25)22(24(26)29-20)15-7-9-16(27-2)10-8-15/h3-12H,1-2H3. The van der Waals surface area contributed by atoms with Crippen molar-refractivity contribution in [3.8, 4) is 17.2 Å². The van der Waals surface area contributed by atoms with Crippen LogP contribution in [0.2, 0.25) is 0 Å². The molecule has 0 aliphatic carbocycles. The number of carbonyl (C=O) groups is 2. The number of hydrogen-bond acceptors (Lipinski definition) is 5. The highest BCUT2D eigenvalue weighted by molar-refractivity contribution is 6.21. The number of fused-ring (bicyclic) bond motifs is 2. The number of rotatable bonds is 3. The minimum absolute atomic E-state index is 0.412. The minimum Gasteiger partial charge on any atom is -0.497 e. The summed E-state index contributed by atoms with van der Waals surface area (Å²) in [5.74, 6) is 0.694. The van der Waals surface area contributed by atoms with Crippen LogP contribution >= 0.6 is 0 Å². The van der Waals surface area contributed by atoms with Crippen LogP contribution in [0.3, 0.4) is 0 Å². The summed E-state index contributed by atoms with van der Waals surface area (Å²) in [7, 11) is 1.58. The SMILES string of the molecule is COc1ccc(C2=c3cc4c(cc3OC2=O)=C(c2ccc(C)cc2)C(=O)O4)cc1. The van der Waals surface area contributed by atoms with Gasteiger partial charge in [-0.25, -0.2) is 9.59 Å². The fraction of sp³-hybridized carbons (Fsp3) is 0.0833. The van der Waals surface area contributed by atoms with Crippen LogP contribution in [0, 0.1) is 6.92 Å². The number of aryl methyl sites for hydroxylation is 1. The zero-order valence-electron chi connectivity index (χ0n) is 15.8. The molecule has 0 unspecified atom stereocenters. The third-order valence-corrected chi connectivity index (χ3v) is 5.15. The second-order valence-corrected chi connectivity index (χ2v) is 6.97. The van der Waals surface area contributed by atoms with E-state index < -0.39 is 11.9 Å². The van der Waals surface area contributed by atoms with Crippen LogP contribution in [0.25, 0.3) is 11.1 Å². The van der Waals surface area contributed by atoms with Crippen LogP contribution in [0.5, 0.6) is 17.2 Å². The Morgan fingerprint density at radius 1 is 0.690 bits per heavy atom. The van der Waals surface area contributed by atoms with Gasteiger partial charge in [-0.05, 0) is 42.3 Å². The van der Waals surface area contributed by atoms with Crippen molar-refractivity contribution < 1.29 is 23.8 Å². The predicted octanol–water partition coefficient (Wildman–Crippen LogP) is 2.24. The molecule has 142 valence electrons. The van der Waals surface area contributed by atoms with E-state index >= 15 is 0 Å². The van der Waals surface area contributed by atoms with Crippen molar-refractivity contribution in [2.24, 2.45) is 0 Å². The van der Waals surface area contributed by atoms with Gasteiger partial charge in [0.1, 0.15) is 17.2 Å². The monoisotopic (exact) mass is 384 g/mol. The Morgan fingerprint density at radius 2 is 1.14 bits per heavy atom. The van der Waals surface area contributed by atoms with Crippen LogP contribution in [-0.4, -0.2) is 19.0 Å². The molecular formula is C24H16O5. The Morgan fingerprint density at radius 3 is 1.59 bits per heavy atom. The summed E-state index contributed by atoms with van der Waals surface area (Å²) in [6, 6.07) is 18.2. The summed E-state index contributed by atoms with van der Waals surface area (Å²) in [5.41, 5.74) is 3.48. The largest absolute Gasteiger partial charge is 0.497 e. The maximum atomic E-state index is 12.6. The van der Waals surface area contributed by atoms with Crippen molar-refractivity contribution in [3.05, 3.63) is 87.8 Å². The topological polar surface area (TPSA) is 61.8 Å². The molecule has 5 nitrogen and oxygen atoms in total. The molecule has 0 spiro atoms. The van der Waals surface area contributed by atoms with Crippen LogP contribution in [0.4, 0.5) is 0 Å². The summed E-state index contributed by atoms with van der Waals surface area (Å²) >= 11 is 0. The van der Waals surface area contributed by atoms with Gasteiger partial charge in [0.15, 0.2) is 0 Å². The van der Waals surface area contributed by atoms with E-state index in [0.717, 1.165) is 11.1 Å². The summed E-state index contributed by atoms with van der Waals surface area (Å²) in [5, 5.41) is 1.23. The van der Waals surface area contributed by atoms with Gasteiger partial charge in [-0.3, -0.25) is 0 Å². The first-order valence-corrected chi connectivity index (χ1v) is 9.13. The zero-order valence-corrected chi connectivity index (χ0v) is 15.8. The van der Waals surface area contributed by atoms with Gasteiger partial charge in [0, 0.05) is 10.4 Å². The fourth-order valence-corrected chi connectivity index (χ4v) is 3.67. The van der Waals surface area contributed by atoms with Crippen molar-refractivity contribution >= 4 is 23.1 Å². The molecule has 3 aromatic rings. The van der Waals surface area contributed by atoms with Crippen molar-refractivity contribution in [1.82, 2.24) is 0 Å². The molecule has 5 rings (SSSR count). The first-order valence-electron chi connectivity index (χ1n) is 9.13. The van der Waals surface area contributed by atoms with E-state index in [-0.39, 0.29) is 0 Å². The Kier molecular flexibility index (Phi) is 3.77. The van der Waals surface area contributed by atoms with Crippen molar-refractivity contribution in [3.63, 3.8) is 0 Å². The molecule has 0 radical (unpaired) electrons. The Hall–Kier alpha value is -3.86. The highest BCUT2D eigenvalue weighted by Gasteiger charge is 2.30. The number of methoxy groups -OCH3 is 1. The second-order valence-electron chi connectivity index (χ2n) is 6.97. The average molecular weight is 384 g/mol. The number of hydrogen-bond donors (Lipinski definition) is 0. The summed E-state index contributed by atoms with van der Waals surface area (Å²) in [6.07, 6.45) is 0. The minimum atomic E-state index is -0.433. The molecule has 0 saturated carbocycles. The summed E-state index contributed by atoms with van der Waals surface area (Å²) in [4.78, 5) is 25.1. The van der Waals surface area contributed by atoms with Crippen LogP contribution in [-0.2, 0) is 9.59 Å².